The van der Waals surface area contributed by atoms with Gasteiger partial charge in [-0.2, -0.15) is 0 Å². The smallest absolute Gasteiger partial charge is 0.313 e. The molecule has 6 heteroatoms. The van der Waals surface area contributed by atoms with Gasteiger partial charge in [0.15, 0.2) is 0 Å². The summed E-state index contributed by atoms with van der Waals surface area (Å²) in [6.07, 6.45) is 2.55. The van der Waals surface area contributed by atoms with E-state index in [1.807, 2.05) is 0 Å². The number of alkyl halides is 1. The molecule has 1 atom stereocenters. The van der Waals surface area contributed by atoms with Gasteiger partial charge < -0.3 is 4.74 Å². The van der Waals surface area contributed by atoms with Crippen molar-refractivity contribution >= 4 is 27.6 Å². The van der Waals surface area contributed by atoms with Gasteiger partial charge in [-0.15, -0.1) is 0 Å². The third kappa shape index (κ3) is 4.92. The van der Waals surface area contributed by atoms with Crippen molar-refractivity contribution in [2.45, 2.75) is 32.1 Å². The largest absolute Gasteiger partial charge is 0.466 e. The van der Waals surface area contributed by atoms with Gasteiger partial charge in [-0.05, 0) is 25.3 Å². The van der Waals surface area contributed by atoms with Crippen LogP contribution < -0.4 is 0 Å². The lowest BCUT2D eigenvalue weighted by molar-refractivity contribution is -0.384. The maximum Gasteiger partial charge on any atom is 0.313 e. The predicted octanol–water partition coefficient (Wildman–Crippen LogP) is 3.81. The average Bonchev–Trinajstić information content (AvgIpc) is 2.44. The number of ether oxygens (including phenoxy) is 1. The summed E-state index contributed by atoms with van der Waals surface area (Å²) in [7, 11) is 0. The second-order valence-electron chi connectivity index (χ2n) is 4.34. The van der Waals surface area contributed by atoms with Crippen LogP contribution in [0.25, 0.3) is 0 Å². The molecule has 1 rings (SSSR count). The number of nitrogens with zero attached hydrogens (tertiary/aromatic N) is 1. The molecule has 0 bridgehead atoms. The lowest BCUT2D eigenvalue weighted by Crippen LogP contribution is -2.16. The highest BCUT2D eigenvalue weighted by atomic mass is 79.9. The fraction of sp³-hybridized carbons (Fsp3) is 0.500. The van der Waals surface area contributed by atoms with Crippen LogP contribution in [0.5, 0.6) is 0 Å². The van der Waals surface area contributed by atoms with E-state index in [1.165, 1.54) is 12.1 Å². The minimum Gasteiger partial charge on any atom is -0.466 e. The number of esters is 1. The number of nitro groups is 1. The van der Waals surface area contributed by atoms with Gasteiger partial charge in [0.1, 0.15) is 0 Å². The highest BCUT2D eigenvalue weighted by Gasteiger charge is 2.22. The number of non-ortho nitro benzene ring substituents is 1. The molecule has 0 aliphatic rings. The van der Waals surface area contributed by atoms with E-state index in [0.717, 1.165) is 23.7 Å². The first-order valence-corrected chi connectivity index (χ1v) is 7.69. The summed E-state index contributed by atoms with van der Waals surface area (Å²) in [6, 6.07) is 6.11. The number of hydrogen-bond acceptors (Lipinski definition) is 4. The lowest BCUT2D eigenvalue weighted by Gasteiger charge is -2.15. The minimum atomic E-state index is -0.450. The van der Waals surface area contributed by atoms with Crippen LogP contribution in [-0.4, -0.2) is 22.8 Å². The number of benzene rings is 1. The zero-order valence-corrected chi connectivity index (χ0v) is 13.0. The summed E-state index contributed by atoms with van der Waals surface area (Å²) in [4.78, 5) is 22.2. The molecule has 0 aliphatic carbocycles. The highest BCUT2D eigenvalue weighted by Crippen LogP contribution is 2.26. The molecule has 0 aromatic heterocycles. The number of hydrogen-bond donors (Lipinski definition) is 0. The van der Waals surface area contributed by atoms with Crippen LogP contribution >= 0.6 is 15.9 Å². The standard InChI is InChI=1S/C14H18BrNO4/c1-2-20-14(17)13(5-3-4-10-15)11-6-8-12(9-7-11)16(18)19/h6-9,13H,2-5,10H2,1H3. The van der Waals surface area contributed by atoms with Crippen LogP contribution in [0.1, 0.15) is 37.7 Å². The Hall–Kier alpha value is -1.43. The monoisotopic (exact) mass is 343 g/mol. The zero-order valence-electron chi connectivity index (χ0n) is 11.4. The van der Waals surface area contributed by atoms with Crippen molar-refractivity contribution < 1.29 is 14.5 Å². The van der Waals surface area contributed by atoms with Crippen LogP contribution in [-0.2, 0) is 9.53 Å². The van der Waals surface area contributed by atoms with E-state index in [4.69, 9.17) is 4.74 Å². The van der Waals surface area contributed by atoms with Crippen molar-refractivity contribution in [3.05, 3.63) is 39.9 Å². The van der Waals surface area contributed by atoms with E-state index >= 15 is 0 Å². The molecule has 5 nitrogen and oxygen atoms in total. The van der Waals surface area contributed by atoms with Crippen LogP contribution in [0.4, 0.5) is 5.69 Å². The van der Waals surface area contributed by atoms with Crippen LogP contribution in [0.2, 0.25) is 0 Å². The van der Waals surface area contributed by atoms with Crippen molar-refractivity contribution in [3.8, 4) is 0 Å². The molecule has 0 fully saturated rings. The molecule has 0 saturated carbocycles. The highest BCUT2D eigenvalue weighted by molar-refractivity contribution is 9.09. The summed E-state index contributed by atoms with van der Waals surface area (Å²) in [6.45, 7) is 2.10. The van der Waals surface area contributed by atoms with Crippen LogP contribution in [0.3, 0.4) is 0 Å². The Kier molecular flexibility index (Phi) is 7.22. The molecule has 20 heavy (non-hydrogen) atoms. The Morgan fingerprint density at radius 3 is 2.50 bits per heavy atom. The summed E-state index contributed by atoms with van der Waals surface area (Å²) < 4.78 is 5.08. The normalized spacial score (nSPS) is 11.9. The fourth-order valence-corrected chi connectivity index (χ4v) is 2.33. The molecular formula is C14H18BrNO4. The number of unbranched alkanes of at least 4 members (excludes halogenated alkanes) is 1. The van der Waals surface area contributed by atoms with Gasteiger partial charge >= 0.3 is 5.97 Å². The molecule has 0 amide bonds. The number of halogens is 1. The quantitative estimate of drug-likeness (QED) is 0.236. The molecular weight excluding hydrogens is 326 g/mol. The number of nitro benzene ring substituents is 1. The van der Waals surface area contributed by atoms with E-state index in [0.29, 0.717) is 13.0 Å². The Bertz CT molecular complexity index is 447. The predicted molar refractivity (Wildman–Crippen MR) is 80.1 cm³/mol. The number of carbonyl (C=O) groups is 1. The average molecular weight is 344 g/mol. The van der Waals surface area contributed by atoms with Crippen molar-refractivity contribution in [1.82, 2.24) is 0 Å². The van der Waals surface area contributed by atoms with Gasteiger partial charge in [-0.1, -0.05) is 34.5 Å². The molecule has 1 aromatic carbocycles. The maximum absolute atomic E-state index is 12.0. The second-order valence-corrected chi connectivity index (χ2v) is 5.13. The molecule has 0 radical (unpaired) electrons. The first-order valence-electron chi connectivity index (χ1n) is 6.57. The first kappa shape index (κ1) is 16.6. The third-order valence-corrected chi connectivity index (χ3v) is 3.51. The fourth-order valence-electron chi connectivity index (χ4n) is 1.93. The topological polar surface area (TPSA) is 69.4 Å². The van der Waals surface area contributed by atoms with Gasteiger partial charge in [0, 0.05) is 17.5 Å². The Morgan fingerprint density at radius 1 is 1.35 bits per heavy atom. The van der Waals surface area contributed by atoms with E-state index in [1.54, 1.807) is 19.1 Å². The van der Waals surface area contributed by atoms with Gasteiger partial charge in [0.05, 0.1) is 17.4 Å². The van der Waals surface area contributed by atoms with E-state index in [2.05, 4.69) is 15.9 Å². The molecule has 110 valence electrons. The molecule has 0 N–H and O–H groups in total. The molecule has 1 aromatic rings. The van der Waals surface area contributed by atoms with Gasteiger partial charge in [-0.25, -0.2) is 0 Å². The molecule has 0 aliphatic heterocycles. The van der Waals surface area contributed by atoms with E-state index < -0.39 is 4.92 Å². The van der Waals surface area contributed by atoms with Crippen LogP contribution in [0.15, 0.2) is 24.3 Å². The van der Waals surface area contributed by atoms with Gasteiger partial charge in [0.25, 0.3) is 5.69 Å². The number of rotatable bonds is 8. The summed E-state index contributed by atoms with van der Waals surface area (Å²) in [5.74, 6) is -0.620. The molecule has 0 spiro atoms. The Balaban J connectivity index is 2.85. The molecule has 0 heterocycles. The zero-order chi connectivity index (χ0) is 15.0. The van der Waals surface area contributed by atoms with Crippen LogP contribution in [0, 0.1) is 10.1 Å². The SMILES string of the molecule is CCOC(=O)C(CCCCBr)c1ccc([N+](=O)[O-])cc1. The van der Waals surface area contributed by atoms with Crippen molar-refractivity contribution in [1.29, 1.82) is 0 Å². The lowest BCUT2D eigenvalue weighted by atomic mass is 9.93. The molecule has 1 unspecified atom stereocenters. The van der Waals surface area contributed by atoms with Gasteiger partial charge in [0.2, 0.25) is 0 Å². The van der Waals surface area contributed by atoms with E-state index in [-0.39, 0.29) is 17.6 Å². The Morgan fingerprint density at radius 2 is 2.00 bits per heavy atom. The maximum atomic E-state index is 12.0. The first-order chi connectivity index (χ1) is 9.60. The van der Waals surface area contributed by atoms with Crippen molar-refractivity contribution in [2.75, 3.05) is 11.9 Å². The Labute approximate surface area is 126 Å². The van der Waals surface area contributed by atoms with E-state index in [9.17, 15) is 14.9 Å². The second kappa shape index (κ2) is 8.68. The third-order valence-electron chi connectivity index (χ3n) is 2.95. The van der Waals surface area contributed by atoms with Crippen molar-refractivity contribution in [2.24, 2.45) is 0 Å². The summed E-state index contributed by atoms with van der Waals surface area (Å²) in [5, 5.41) is 11.5. The number of carbonyl (C=O) groups excluding carboxylic acids is 1. The summed E-state index contributed by atoms with van der Waals surface area (Å²) in [5.41, 5.74) is 0.792. The minimum absolute atomic E-state index is 0.0248. The van der Waals surface area contributed by atoms with Gasteiger partial charge in [-0.3, -0.25) is 14.9 Å². The summed E-state index contributed by atoms with van der Waals surface area (Å²) >= 11 is 3.36. The van der Waals surface area contributed by atoms with Crippen molar-refractivity contribution in [3.63, 3.8) is 0 Å². The molecule has 0 saturated heterocycles.